The summed E-state index contributed by atoms with van der Waals surface area (Å²) in [4.78, 5) is 12.2. The van der Waals surface area contributed by atoms with Crippen LogP contribution in [0.5, 0.6) is 0 Å². The molecule has 1 rings (SSSR count). The molecule has 20 heavy (non-hydrogen) atoms. The van der Waals surface area contributed by atoms with Crippen molar-refractivity contribution in [2.45, 2.75) is 5.75 Å². The van der Waals surface area contributed by atoms with Crippen LogP contribution in [-0.4, -0.2) is 36.4 Å². The fourth-order valence-electron chi connectivity index (χ4n) is 1.12. The summed E-state index contributed by atoms with van der Waals surface area (Å²) in [5.74, 6) is 1.54. The number of thioether (sulfide) groups is 1. The van der Waals surface area contributed by atoms with E-state index in [4.69, 9.17) is 21.5 Å². The minimum absolute atomic E-state index is 0.00461. The number of methoxy groups -OCH3 is 1. The van der Waals surface area contributed by atoms with E-state index in [0.29, 0.717) is 11.7 Å². The van der Waals surface area contributed by atoms with Gasteiger partial charge in [-0.2, -0.15) is 22.0 Å². The molecule has 0 atom stereocenters. The van der Waals surface area contributed by atoms with Crippen molar-refractivity contribution in [3.05, 3.63) is 11.1 Å². The number of nitrogens with two attached hydrogens (primary N) is 2. The van der Waals surface area contributed by atoms with E-state index < -0.39 is 0 Å². The Morgan fingerprint density at radius 1 is 1.65 bits per heavy atom. The molecule has 5 N–H and O–H groups in total. The van der Waals surface area contributed by atoms with Crippen LogP contribution >= 0.6 is 23.1 Å². The Balaban J connectivity index is 2.29. The van der Waals surface area contributed by atoms with Gasteiger partial charge < -0.3 is 16.2 Å². The third kappa shape index (κ3) is 6.26. The Labute approximate surface area is 124 Å². The Hall–Kier alpha value is -1.99. The first-order valence-corrected chi connectivity index (χ1v) is 7.54. The van der Waals surface area contributed by atoms with Crippen molar-refractivity contribution >= 4 is 40.2 Å². The van der Waals surface area contributed by atoms with Gasteiger partial charge in [-0.3, -0.25) is 0 Å². The van der Waals surface area contributed by atoms with E-state index in [9.17, 15) is 0 Å². The molecular formula is C10H15N7OS2. The molecule has 0 aliphatic heterocycles. The fraction of sp³-hybridized carbons (Fsp3) is 0.400. The van der Waals surface area contributed by atoms with Crippen LogP contribution in [0.25, 0.3) is 0 Å². The van der Waals surface area contributed by atoms with Crippen LogP contribution < -0.4 is 16.8 Å². The Kier molecular flexibility index (Phi) is 7.23. The minimum atomic E-state index is 0.00461. The van der Waals surface area contributed by atoms with Crippen LogP contribution in [0.4, 0.5) is 5.13 Å². The van der Waals surface area contributed by atoms with E-state index in [2.05, 4.69) is 20.3 Å². The van der Waals surface area contributed by atoms with E-state index in [-0.39, 0.29) is 12.0 Å². The molecule has 8 nitrogen and oxygen atoms in total. The average molecular weight is 313 g/mol. The molecule has 1 aromatic rings. The van der Waals surface area contributed by atoms with Crippen molar-refractivity contribution in [1.29, 1.82) is 5.26 Å². The van der Waals surface area contributed by atoms with Crippen molar-refractivity contribution in [2.24, 2.45) is 21.5 Å². The Bertz CT molecular complexity index is 516. The summed E-state index contributed by atoms with van der Waals surface area (Å²) in [6, 6.07) is 0.219. The summed E-state index contributed by atoms with van der Waals surface area (Å²) in [5.41, 5.74) is 11.5. The monoisotopic (exact) mass is 313 g/mol. The SMILES string of the molecule is COC(=NCCSCc1csc(N=C(N)N)n1)NC#N. The predicted molar refractivity (Wildman–Crippen MR) is 81.8 cm³/mol. The lowest BCUT2D eigenvalue weighted by molar-refractivity contribution is 0.386. The first-order valence-electron chi connectivity index (χ1n) is 5.51. The molecule has 0 aliphatic rings. The lowest BCUT2D eigenvalue weighted by Gasteiger charge is -2.01. The molecule has 0 unspecified atom stereocenters. The molecule has 0 bridgehead atoms. The summed E-state index contributed by atoms with van der Waals surface area (Å²) in [5, 5.41) is 13.2. The summed E-state index contributed by atoms with van der Waals surface area (Å²) in [6.07, 6.45) is 1.75. The number of guanidine groups is 1. The molecule has 1 aromatic heterocycles. The van der Waals surface area contributed by atoms with Crippen LogP contribution in [0.3, 0.4) is 0 Å². The van der Waals surface area contributed by atoms with Crippen LogP contribution in [0.1, 0.15) is 5.69 Å². The summed E-state index contributed by atoms with van der Waals surface area (Å²) >= 11 is 3.06. The predicted octanol–water partition coefficient (Wildman–Crippen LogP) is 0.354. The van der Waals surface area contributed by atoms with Crippen molar-refractivity contribution < 1.29 is 4.74 Å². The molecular weight excluding hydrogens is 298 g/mol. The van der Waals surface area contributed by atoms with Gasteiger partial charge >= 0.3 is 0 Å². The fourth-order valence-corrected chi connectivity index (χ4v) is 2.65. The van der Waals surface area contributed by atoms with E-state index in [1.807, 2.05) is 5.38 Å². The van der Waals surface area contributed by atoms with E-state index >= 15 is 0 Å². The second-order valence-corrected chi connectivity index (χ2v) is 5.28. The smallest absolute Gasteiger partial charge is 0.297 e. The van der Waals surface area contributed by atoms with Gasteiger partial charge in [0.1, 0.15) is 0 Å². The van der Waals surface area contributed by atoms with Crippen molar-refractivity contribution in [3.63, 3.8) is 0 Å². The topological polar surface area (TPSA) is 135 Å². The van der Waals surface area contributed by atoms with Crippen LogP contribution in [0, 0.1) is 11.5 Å². The second-order valence-electron chi connectivity index (χ2n) is 3.34. The number of nitrogens with zero attached hydrogens (tertiary/aromatic N) is 4. The molecule has 0 aromatic carbocycles. The number of hydrogen-bond acceptors (Lipinski definition) is 7. The summed E-state index contributed by atoms with van der Waals surface area (Å²) < 4.78 is 4.85. The molecule has 0 saturated carbocycles. The normalized spacial score (nSPS) is 10.7. The number of ether oxygens (including phenoxy) is 1. The molecule has 0 fully saturated rings. The molecule has 10 heteroatoms. The zero-order valence-corrected chi connectivity index (χ0v) is 12.5. The third-order valence-electron chi connectivity index (χ3n) is 1.86. The standard InChI is InChI=1S/C10H15N7OS2/c1-18-9(15-6-11)14-2-3-19-4-7-5-20-10(16-7)17-8(12)13/h5H,2-4H2,1H3,(H,14,15)(H4,12,13,16,17). The van der Waals surface area contributed by atoms with Crippen molar-refractivity contribution in [1.82, 2.24) is 10.3 Å². The average Bonchev–Trinajstić information content (AvgIpc) is 2.83. The van der Waals surface area contributed by atoms with E-state index in [1.165, 1.54) is 18.4 Å². The van der Waals surface area contributed by atoms with Crippen LogP contribution in [0.15, 0.2) is 15.4 Å². The van der Waals surface area contributed by atoms with Gasteiger partial charge in [-0.05, 0) is 0 Å². The van der Waals surface area contributed by atoms with Gasteiger partial charge in [0.2, 0.25) is 5.13 Å². The van der Waals surface area contributed by atoms with Gasteiger partial charge in [0.05, 0.1) is 19.3 Å². The molecule has 0 saturated heterocycles. The van der Waals surface area contributed by atoms with Gasteiger partial charge in [-0.25, -0.2) is 15.3 Å². The minimum Gasteiger partial charge on any atom is -0.468 e. The van der Waals surface area contributed by atoms with Crippen LogP contribution in [0.2, 0.25) is 0 Å². The molecule has 108 valence electrons. The molecule has 0 amide bonds. The van der Waals surface area contributed by atoms with E-state index in [1.54, 1.807) is 18.0 Å². The largest absolute Gasteiger partial charge is 0.468 e. The first kappa shape index (κ1) is 16.1. The maximum Gasteiger partial charge on any atom is 0.297 e. The summed E-state index contributed by atoms with van der Waals surface area (Å²) in [7, 11) is 1.46. The molecule has 0 aliphatic carbocycles. The number of aliphatic imine (C=N–C) groups is 2. The third-order valence-corrected chi connectivity index (χ3v) is 3.62. The summed E-state index contributed by atoms with van der Waals surface area (Å²) in [6.45, 7) is 0.549. The number of nitrogens with one attached hydrogen (secondary N) is 1. The molecule has 0 radical (unpaired) electrons. The van der Waals surface area contributed by atoms with E-state index in [0.717, 1.165) is 17.2 Å². The van der Waals surface area contributed by atoms with Crippen molar-refractivity contribution in [2.75, 3.05) is 19.4 Å². The number of hydrogen-bond donors (Lipinski definition) is 3. The highest BCUT2D eigenvalue weighted by Crippen LogP contribution is 2.21. The zero-order valence-electron chi connectivity index (χ0n) is 10.9. The second kappa shape index (κ2) is 9.00. The maximum absolute atomic E-state index is 8.42. The number of rotatable bonds is 6. The first-order chi connectivity index (χ1) is 9.65. The van der Waals surface area contributed by atoms with Gasteiger partial charge in [0, 0.05) is 16.9 Å². The van der Waals surface area contributed by atoms with Crippen molar-refractivity contribution in [3.8, 4) is 6.19 Å². The lowest BCUT2D eigenvalue weighted by atomic mass is 10.6. The molecule has 1 heterocycles. The molecule has 0 spiro atoms. The van der Waals surface area contributed by atoms with Gasteiger partial charge in [-0.15, -0.1) is 11.3 Å². The van der Waals surface area contributed by atoms with Gasteiger partial charge in [-0.1, -0.05) is 0 Å². The number of thiazole rings is 1. The maximum atomic E-state index is 8.42. The van der Waals surface area contributed by atoms with Gasteiger partial charge in [0.15, 0.2) is 12.2 Å². The lowest BCUT2D eigenvalue weighted by Crippen LogP contribution is -2.21. The quantitative estimate of drug-likeness (QED) is 0.227. The Morgan fingerprint density at radius 2 is 2.45 bits per heavy atom. The number of aromatic nitrogens is 1. The number of amidine groups is 1. The van der Waals surface area contributed by atoms with Crippen LogP contribution in [-0.2, 0) is 10.5 Å². The number of nitriles is 1. The Morgan fingerprint density at radius 3 is 3.10 bits per heavy atom. The highest BCUT2D eigenvalue weighted by atomic mass is 32.2. The highest BCUT2D eigenvalue weighted by molar-refractivity contribution is 7.98. The highest BCUT2D eigenvalue weighted by Gasteiger charge is 2.01. The zero-order chi connectivity index (χ0) is 14.8. The van der Waals surface area contributed by atoms with Gasteiger partial charge in [0.25, 0.3) is 6.02 Å².